The monoisotopic (exact) mass is 304 g/mol. The van der Waals surface area contributed by atoms with Crippen LogP contribution in [0.3, 0.4) is 0 Å². The Bertz CT molecular complexity index is 653. The lowest BCUT2D eigenvalue weighted by Crippen LogP contribution is -2.30. The molecule has 0 aromatic heterocycles. The third-order valence-corrected chi connectivity index (χ3v) is 3.38. The number of nitrogens with zero attached hydrogens (tertiary/aromatic N) is 1. The minimum atomic E-state index is -0.364. The smallest absolute Gasteiger partial charge is 0.328 e. The molecule has 1 aliphatic rings. The van der Waals surface area contributed by atoms with Gasteiger partial charge in [0.05, 0.1) is 12.2 Å². The molecule has 1 N–H and O–H groups in total. The highest BCUT2D eigenvalue weighted by atomic mass is 79.9. The van der Waals surface area contributed by atoms with Gasteiger partial charge in [-0.05, 0) is 35.0 Å². The Hall–Kier alpha value is -1.88. The molecule has 0 spiro atoms. The topological polar surface area (TPSA) is 49.4 Å². The molecule has 0 bridgehead atoms. The highest BCUT2D eigenvalue weighted by molar-refractivity contribution is 9.10. The molecule has 18 heavy (non-hydrogen) atoms. The van der Waals surface area contributed by atoms with Crippen molar-refractivity contribution in [3.05, 3.63) is 40.9 Å². The van der Waals surface area contributed by atoms with Gasteiger partial charge in [0.25, 0.3) is 5.91 Å². The number of benzene rings is 2. The number of hydrogen-bond acceptors (Lipinski definition) is 2. The van der Waals surface area contributed by atoms with Crippen LogP contribution < -0.4 is 10.2 Å². The molecular formula is C13H9BrN2O2. The van der Waals surface area contributed by atoms with E-state index in [2.05, 4.69) is 21.2 Å². The van der Waals surface area contributed by atoms with Crippen LogP contribution >= 0.6 is 15.9 Å². The van der Waals surface area contributed by atoms with E-state index in [1.807, 2.05) is 30.3 Å². The molecule has 1 fully saturated rings. The van der Waals surface area contributed by atoms with Gasteiger partial charge in [-0.3, -0.25) is 4.79 Å². The first-order valence-corrected chi connectivity index (χ1v) is 6.24. The van der Waals surface area contributed by atoms with Crippen molar-refractivity contribution in [2.45, 2.75) is 0 Å². The fourth-order valence-corrected chi connectivity index (χ4v) is 2.41. The second kappa shape index (κ2) is 4.10. The molecular weight excluding hydrogens is 296 g/mol. The number of fused-ring (bicyclic) bond motifs is 1. The van der Waals surface area contributed by atoms with Gasteiger partial charge in [-0.15, -0.1) is 0 Å². The van der Waals surface area contributed by atoms with E-state index in [0.29, 0.717) is 5.69 Å². The predicted octanol–water partition coefficient (Wildman–Crippen LogP) is 2.66. The fraction of sp³-hybridized carbons (Fsp3) is 0.0769. The van der Waals surface area contributed by atoms with E-state index >= 15 is 0 Å². The van der Waals surface area contributed by atoms with Crippen LogP contribution in [0.1, 0.15) is 0 Å². The normalized spacial score (nSPS) is 15.3. The first-order valence-electron chi connectivity index (χ1n) is 5.45. The summed E-state index contributed by atoms with van der Waals surface area (Å²) in [5, 5.41) is 4.55. The van der Waals surface area contributed by atoms with E-state index in [-0.39, 0.29) is 18.5 Å². The summed E-state index contributed by atoms with van der Waals surface area (Å²) in [6.07, 6.45) is 0. The van der Waals surface area contributed by atoms with Crippen LogP contribution in [0.4, 0.5) is 10.5 Å². The van der Waals surface area contributed by atoms with Gasteiger partial charge in [0.1, 0.15) is 0 Å². The van der Waals surface area contributed by atoms with Gasteiger partial charge in [0.15, 0.2) is 0 Å². The minimum absolute atomic E-state index is 0.0667. The molecule has 1 heterocycles. The number of rotatable bonds is 1. The lowest BCUT2D eigenvalue weighted by molar-refractivity contribution is -0.115. The molecule has 2 aromatic carbocycles. The maximum atomic E-state index is 11.6. The minimum Gasteiger partial charge on any atom is -0.328 e. The third-order valence-electron chi connectivity index (χ3n) is 2.89. The van der Waals surface area contributed by atoms with E-state index < -0.39 is 0 Å². The number of amides is 3. The number of carbonyl (C=O) groups excluding carboxylic acids is 2. The lowest BCUT2D eigenvalue weighted by Gasteiger charge is -2.13. The molecule has 0 saturated carbocycles. The SMILES string of the molecule is O=C1CNC(=O)N1c1ccc2cc(Br)ccc2c1. The molecule has 0 radical (unpaired) electrons. The summed E-state index contributed by atoms with van der Waals surface area (Å²) in [4.78, 5) is 24.3. The van der Waals surface area contributed by atoms with Crippen LogP contribution in [0.2, 0.25) is 0 Å². The summed E-state index contributed by atoms with van der Waals surface area (Å²) in [5.41, 5.74) is 0.602. The molecule has 3 rings (SSSR count). The molecule has 0 unspecified atom stereocenters. The number of urea groups is 1. The van der Waals surface area contributed by atoms with Crippen LogP contribution in [0.5, 0.6) is 0 Å². The summed E-state index contributed by atoms with van der Waals surface area (Å²) in [5.74, 6) is -0.225. The van der Waals surface area contributed by atoms with Crippen molar-refractivity contribution in [2.75, 3.05) is 11.4 Å². The molecule has 1 aliphatic heterocycles. The van der Waals surface area contributed by atoms with Gasteiger partial charge in [0, 0.05) is 4.47 Å². The van der Waals surface area contributed by atoms with E-state index in [9.17, 15) is 9.59 Å². The Labute approximate surface area is 112 Å². The summed E-state index contributed by atoms with van der Waals surface area (Å²) < 4.78 is 0.998. The second-order valence-electron chi connectivity index (χ2n) is 4.06. The largest absolute Gasteiger partial charge is 0.329 e. The lowest BCUT2D eigenvalue weighted by atomic mass is 10.1. The quantitative estimate of drug-likeness (QED) is 0.824. The molecule has 4 nitrogen and oxygen atoms in total. The maximum absolute atomic E-state index is 11.6. The Balaban J connectivity index is 2.11. The van der Waals surface area contributed by atoms with E-state index in [4.69, 9.17) is 0 Å². The van der Waals surface area contributed by atoms with E-state index in [1.54, 1.807) is 6.07 Å². The highest BCUT2D eigenvalue weighted by Crippen LogP contribution is 2.26. The van der Waals surface area contributed by atoms with Gasteiger partial charge in [-0.2, -0.15) is 0 Å². The zero-order valence-corrected chi connectivity index (χ0v) is 10.9. The summed E-state index contributed by atoms with van der Waals surface area (Å²) >= 11 is 3.41. The number of anilines is 1. The number of halogens is 1. The Morgan fingerprint density at radius 2 is 1.78 bits per heavy atom. The summed E-state index contributed by atoms with van der Waals surface area (Å²) in [7, 11) is 0. The first kappa shape index (κ1) is 11.2. The van der Waals surface area contributed by atoms with Gasteiger partial charge in [-0.25, -0.2) is 9.69 Å². The maximum Gasteiger partial charge on any atom is 0.329 e. The highest BCUT2D eigenvalue weighted by Gasteiger charge is 2.29. The van der Waals surface area contributed by atoms with Crippen molar-refractivity contribution in [1.82, 2.24) is 5.32 Å². The van der Waals surface area contributed by atoms with Crippen molar-refractivity contribution >= 4 is 44.3 Å². The molecule has 1 saturated heterocycles. The van der Waals surface area contributed by atoms with Crippen molar-refractivity contribution < 1.29 is 9.59 Å². The number of nitrogens with one attached hydrogen (secondary N) is 1. The van der Waals surface area contributed by atoms with Crippen LogP contribution in [-0.2, 0) is 4.79 Å². The van der Waals surface area contributed by atoms with Crippen molar-refractivity contribution in [3.8, 4) is 0 Å². The van der Waals surface area contributed by atoms with Crippen molar-refractivity contribution in [3.63, 3.8) is 0 Å². The fourth-order valence-electron chi connectivity index (χ4n) is 2.03. The van der Waals surface area contributed by atoms with E-state index in [0.717, 1.165) is 15.2 Å². The molecule has 5 heteroatoms. The Kier molecular flexibility index (Phi) is 2.56. The second-order valence-corrected chi connectivity index (χ2v) is 4.98. The predicted molar refractivity (Wildman–Crippen MR) is 72.5 cm³/mol. The van der Waals surface area contributed by atoms with E-state index in [1.165, 1.54) is 4.90 Å². The Morgan fingerprint density at radius 3 is 2.50 bits per heavy atom. The van der Waals surface area contributed by atoms with Crippen LogP contribution in [-0.4, -0.2) is 18.5 Å². The van der Waals surface area contributed by atoms with Crippen molar-refractivity contribution in [1.29, 1.82) is 0 Å². The van der Waals surface area contributed by atoms with Gasteiger partial charge < -0.3 is 5.32 Å². The molecule has 3 amide bonds. The van der Waals surface area contributed by atoms with Crippen LogP contribution in [0, 0.1) is 0 Å². The number of imide groups is 1. The summed E-state index contributed by atoms with van der Waals surface area (Å²) in [6, 6.07) is 11.0. The average molecular weight is 305 g/mol. The Morgan fingerprint density at radius 1 is 1.06 bits per heavy atom. The average Bonchev–Trinajstić information content (AvgIpc) is 2.69. The van der Waals surface area contributed by atoms with Gasteiger partial charge in [-0.1, -0.05) is 28.1 Å². The summed E-state index contributed by atoms with van der Waals surface area (Å²) in [6.45, 7) is 0.0667. The van der Waals surface area contributed by atoms with Crippen LogP contribution in [0.25, 0.3) is 10.8 Å². The first-order chi connectivity index (χ1) is 8.65. The third kappa shape index (κ3) is 1.76. The zero-order valence-electron chi connectivity index (χ0n) is 9.31. The van der Waals surface area contributed by atoms with Gasteiger partial charge in [0.2, 0.25) is 0 Å². The number of carbonyl (C=O) groups is 2. The molecule has 0 atom stereocenters. The molecule has 0 aliphatic carbocycles. The van der Waals surface area contributed by atoms with Crippen LogP contribution in [0.15, 0.2) is 40.9 Å². The zero-order chi connectivity index (χ0) is 12.7. The van der Waals surface area contributed by atoms with Gasteiger partial charge >= 0.3 is 6.03 Å². The number of hydrogen-bond donors (Lipinski definition) is 1. The molecule has 90 valence electrons. The standard InChI is InChI=1S/C13H9BrN2O2/c14-10-3-1-9-6-11(4-2-8(9)5-10)16-12(17)7-15-13(16)18/h1-6H,7H2,(H,15,18). The molecule has 2 aromatic rings. The van der Waals surface area contributed by atoms with Crippen molar-refractivity contribution in [2.24, 2.45) is 0 Å².